The first-order chi connectivity index (χ1) is 16.1. The van der Waals surface area contributed by atoms with E-state index in [4.69, 9.17) is 9.26 Å². The number of aromatic nitrogens is 4. The Morgan fingerprint density at radius 1 is 1.12 bits per heavy atom. The van der Waals surface area contributed by atoms with E-state index in [0.717, 1.165) is 27.6 Å². The molecular formula is C26H31N5O3. The largest absolute Gasteiger partial charge is 0.459 e. The first-order valence-electron chi connectivity index (χ1n) is 11.4. The molecule has 0 spiro atoms. The van der Waals surface area contributed by atoms with Crippen LogP contribution in [0.5, 0.6) is 0 Å². The van der Waals surface area contributed by atoms with Gasteiger partial charge in [0.25, 0.3) is 5.89 Å². The molecule has 4 rings (SSSR count). The van der Waals surface area contributed by atoms with Crippen molar-refractivity contribution in [2.24, 2.45) is 0 Å². The van der Waals surface area contributed by atoms with Crippen molar-refractivity contribution in [1.82, 2.24) is 24.8 Å². The predicted molar refractivity (Wildman–Crippen MR) is 131 cm³/mol. The van der Waals surface area contributed by atoms with Crippen LogP contribution < -0.4 is 0 Å². The van der Waals surface area contributed by atoms with Gasteiger partial charge in [0.2, 0.25) is 5.82 Å². The molecule has 0 aliphatic carbocycles. The molecule has 0 aliphatic rings. The number of benzene rings is 2. The van der Waals surface area contributed by atoms with Gasteiger partial charge >= 0.3 is 5.97 Å². The van der Waals surface area contributed by atoms with Crippen LogP contribution >= 0.6 is 0 Å². The van der Waals surface area contributed by atoms with Crippen molar-refractivity contribution in [2.45, 2.75) is 52.8 Å². The van der Waals surface area contributed by atoms with E-state index in [0.29, 0.717) is 24.3 Å². The zero-order valence-corrected chi connectivity index (χ0v) is 20.6. The van der Waals surface area contributed by atoms with Gasteiger partial charge in [-0.15, -0.1) is 0 Å². The van der Waals surface area contributed by atoms with Crippen LogP contribution in [0.15, 0.2) is 53.2 Å². The van der Waals surface area contributed by atoms with Crippen LogP contribution in [0, 0.1) is 0 Å². The van der Waals surface area contributed by atoms with Crippen molar-refractivity contribution < 1.29 is 14.1 Å². The van der Waals surface area contributed by atoms with Gasteiger partial charge in [-0.25, -0.2) is 0 Å². The van der Waals surface area contributed by atoms with Gasteiger partial charge in [0.05, 0.1) is 18.3 Å². The molecule has 0 amide bonds. The van der Waals surface area contributed by atoms with Crippen molar-refractivity contribution in [2.75, 3.05) is 13.6 Å². The first kappa shape index (κ1) is 23.6. The maximum atomic E-state index is 12.0. The van der Waals surface area contributed by atoms with Gasteiger partial charge in [0, 0.05) is 29.1 Å². The van der Waals surface area contributed by atoms with E-state index in [2.05, 4.69) is 29.1 Å². The highest BCUT2D eigenvalue weighted by Gasteiger charge is 2.18. The highest BCUT2D eigenvalue weighted by atomic mass is 16.6. The second-order valence-corrected chi connectivity index (χ2v) is 9.84. The number of carbonyl (C=O) groups excluding carboxylic acids is 1. The topological polar surface area (TPSA) is 86.3 Å². The summed E-state index contributed by atoms with van der Waals surface area (Å²) in [6.07, 6.45) is 1.86. The first-order valence-corrected chi connectivity index (χ1v) is 11.4. The van der Waals surface area contributed by atoms with Gasteiger partial charge in [-0.3, -0.25) is 14.4 Å². The van der Waals surface area contributed by atoms with Gasteiger partial charge in [-0.2, -0.15) is 10.1 Å². The quantitative estimate of drug-likeness (QED) is 0.354. The van der Waals surface area contributed by atoms with E-state index < -0.39 is 5.60 Å². The number of esters is 1. The Balaban J connectivity index is 1.43. The molecule has 8 heteroatoms. The molecule has 2 aromatic heterocycles. The zero-order valence-electron chi connectivity index (χ0n) is 20.6. The van der Waals surface area contributed by atoms with Gasteiger partial charge in [0.15, 0.2) is 0 Å². The molecule has 34 heavy (non-hydrogen) atoms. The SMILES string of the molecule is CC(C)n1ncc2cc(-c3nc(-c4ccc(CN(C)CC(=O)OC(C)(C)C)cc4)no3)ccc21. The molecule has 0 atom stereocenters. The predicted octanol–water partition coefficient (Wildman–Crippen LogP) is 5.11. The summed E-state index contributed by atoms with van der Waals surface area (Å²) in [5, 5.41) is 9.66. The van der Waals surface area contributed by atoms with E-state index >= 15 is 0 Å². The third kappa shape index (κ3) is 5.51. The standard InChI is InChI=1S/C26H31N5O3/c1-17(2)31-22-12-11-20(13-21(22)14-27-31)25-28-24(29-34-25)19-9-7-18(8-10-19)15-30(6)16-23(32)33-26(3,4)5/h7-14,17H,15-16H2,1-6H3. The average Bonchev–Trinajstić information content (AvgIpc) is 3.39. The molecule has 2 aromatic carbocycles. The van der Waals surface area contributed by atoms with Crippen LogP contribution in [0.1, 0.15) is 46.2 Å². The van der Waals surface area contributed by atoms with Gasteiger partial charge in [-0.1, -0.05) is 29.4 Å². The van der Waals surface area contributed by atoms with Gasteiger partial charge < -0.3 is 9.26 Å². The summed E-state index contributed by atoms with van der Waals surface area (Å²) in [6, 6.07) is 14.2. The molecule has 0 N–H and O–H groups in total. The van der Waals surface area contributed by atoms with Crippen molar-refractivity contribution in [1.29, 1.82) is 0 Å². The summed E-state index contributed by atoms with van der Waals surface area (Å²) in [5.41, 5.74) is 3.39. The highest BCUT2D eigenvalue weighted by molar-refractivity contribution is 5.83. The third-order valence-electron chi connectivity index (χ3n) is 5.24. The van der Waals surface area contributed by atoms with Crippen molar-refractivity contribution in [3.8, 4) is 22.8 Å². The molecule has 4 aromatic rings. The van der Waals surface area contributed by atoms with Crippen LogP contribution in [0.4, 0.5) is 0 Å². The Hall–Kier alpha value is -3.52. The third-order valence-corrected chi connectivity index (χ3v) is 5.24. The second kappa shape index (κ2) is 9.38. The Labute approximate surface area is 199 Å². The van der Waals surface area contributed by atoms with Gasteiger partial charge in [-0.05, 0) is 65.4 Å². The van der Waals surface area contributed by atoms with E-state index in [1.807, 2.05) is 86.1 Å². The van der Waals surface area contributed by atoms with Crippen molar-refractivity contribution in [3.05, 3.63) is 54.2 Å². The molecule has 0 unspecified atom stereocenters. The fraction of sp³-hybridized carbons (Fsp3) is 0.385. The maximum Gasteiger partial charge on any atom is 0.320 e. The smallest absolute Gasteiger partial charge is 0.320 e. The molecule has 2 heterocycles. The second-order valence-electron chi connectivity index (χ2n) is 9.84. The lowest BCUT2D eigenvalue weighted by Gasteiger charge is -2.22. The Morgan fingerprint density at radius 2 is 1.82 bits per heavy atom. The number of rotatable bonds is 7. The van der Waals surface area contributed by atoms with E-state index in [1.54, 1.807) is 0 Å². The fourth-order valence-corrected chi connectivity index (χ4v) is 3.78. The summed E-state index contributed by atoms with van der Waals surface area (Å²) in [6.45, 7) is 10.7. The van der Waals surface area contributed by atoms with E-state index in [1.165, 1.54) is 0 Å². The van der Waals surface area contributed by atoms with Crippen LogP contribution in [-0.2, 0) is 16.1 Å². The molecule has 178 valence electrons. The molecule has 0 fully saturated rings. The molecular weight excluding hydrogens is 430 g/mol. The lowest BCUT2D eigenvalue weighted by Crippen LogP contribution is -2.32. The number of fused-ring (bicyclic) bond motifs is 1. The Morgan fingerprint density at radius 3 is 2.50 bits per heavy atom. The number of hydrogen-bond donors (Lipinski definition) is 0. The van der Waals surface area contributed by atoms with Crippen LogP contribution in [-0.4, -0.2) is 50.0 Å². The van der Waals surface area contributed by atoms with Crippen molar-refractivity contribution >= 4 is 16.9 Å². The molecule has 0 saturated carbocycles. The lowest BCUT2D eigenvalue weighted by atomic mass is 10.1. The summed E-state index contributed by atoms with van der Waals surface area (Å²) in [4.78, 5) is 18.5. The summed E-state index contributed by atoms with van der Waals surface area (Å²) in [5.74, 6) is 0.762. The lowest BCUT2D eigenvalue weighted by molar-refractivity contribution is -0.155. The number of carbonyl (C=O) groups is 1. The van der Waals surface area contributed by atoms with Gasteiger partial charge in [0.1, 0.15) is 5.60 Å². The van der Waals surface area contributed by atoms with Crippen LogP contribution in [0.2, 0.25) is 0 Å². The minimum Gasteiger partial charge on any atom is -0.459 e. The summed E-state index contributed by atoms with van der Waals surface area (Å²) in [7, 11) is 1.89. The van der Waals surface area contributed by atoms with Crippen LogP contribution in [0.3, 0.4) is 0 Å². The Bertz CT molecular complexity index is 1280. The summed E-state index contributed by atoms with van der Waals surface area (Å²) < 4.78 is 12.9. The van der Waals surface area contributed by atoms with E-state index in [9.17, 15) is 4.79 Å². The minimum atomic E-state index is -0.481. The molecule has 8 nitrogen and oxygen atoms in total. The average molecular weight is 462 g/mol. The number of ether oxygens (including phenoxy) is 1. The molecule has 0 bridgehead atoms. The van der Waals surface area contributed by atoms with E-state index in [-0.39, 0.29) is 12.5 Å². The molecule has 0 saturated heterocycles. The van der Waals surface area contributed by atoms with Crippen LogP contribution in [0.25, 0.3) is 33.7 Å². The summed E-state index contributed by atoms with van der Waals surface area (Å²) >= 11 is 0. The fourth-order valence-electron chi connectivity index (χ4n) is 3.78. The number of hydrogen-bond acceptors (Lipinski definition) is 7. The maximum absolute atomic E-state index is 12.0. The normalized spacial score (nSPS) is 12.1. The number of nitrogens with zero attached hydrogens (tertiary/aromatic N) is 5. The molecule has 0 radical (unpaired) electrons. The van der Waals surface area contributed by atoms with Crippen molar-refractivity contribution in [3.63, 3.8) is 0 Å². The molecule has 0 aliphatic heterocycles. The number of likely N-dealkylation sites (N-methyl/N-ethyl adjacent to an activating group) is 1. The minimum absolute atomic E-state index is 0.230. The monoisotopic (exact) mass is 461 g/mol. The zero-order chi connectivity index (χ0) is 24.5. The Kier molecular flexibility index (Phi) is 6.52. The highest BCUT2D eigenvalue weighted by Crippen LogP contribution is 2.27.